The molecule has 1 aromatic carbocycles. The Balaban J connectivity index is 2.17. The minimum atomic E-state index is 0.825. The van der Waals surface area contributed by atoms with Gasteiger partial charge in [-0.05, 0) is 98.7 Å². The molecule has 0 atom stereocenters. The van der Waals surface area contributed by atoms with Gasteiger partial charge in [-0.25, -0.2) is 0 Å². The maximum atomic E-state index is 4.60. The molecule has 1 aromatic rings. The third-order valence-electron chi connectivity index (χ3n) is 5.39. The zero-order valence-electron chi connectivity index (χ0n) is 16.8. The fourth-order valence-corrected chi connectivity index (χ4v) is 3.93. The summed E-state index contributed by atoms with van der Waals surface area (Å²) in [4.78, 5) is 7.02. The first-order valence-corrected chi connectivity index (χ1v) is 9.82. The third kappa shape index (κ3) is 3.33. The number of hydrogen-bond acceptors (Lipinski definition) is 2. The van der Waals surface area contributed by atoms with E-state index in [1.807, 2.05) is 0 Å². The SMILES string of the molecule is C/C=C(\C)C1=C2C=CC(=NCC)C=C2Cc2cc(N(CC)CC)ccc21. The highest BCUT2D eigenvalue weighted by molar-refractivity contribution is 6.08. The van der Waals surface area contributed by atoms with Crippen molar-refractivity contribution < 1.29 is 0 Å². The first-order chi connectivity index (χ1) is 12.6. The van der Waals surface area contributed by atoms with Crippen LogP contribution in [0, 0.1) is 0 Å². The predicted octanol–water partition coefficient (Wildman–Crippen LogP) is 5.77. The fourth-order valence-electron chi connectivity index (χ4n) is 3.93. The van der Waals surface area contributed by atoms with E-state index in [1.54, 1.807) is 0 Å². The van der Waals surface area contributed by atoms with Crippen LogP contribution < -0.4 is 4.90 Å². The topological polar surface area (TPSA) is 15.6 Å². The number of nitrogens with zero attached hydrogens (tertiary/aromatic N) is 2. The molecule has 2 aliphatic rings. The van der Waals surface area contributed by atoms with Gasteiger partial charge in [0.05, 0.1) is 5.71 Å². The number of rotatable bonds is 5. The summed E-state index contributed by atoms with van der Waals surface area (Å²) in [5.41, 5.74) is 10.7. The van der Waals surface area contributed by atoms with E-state index < -0.39 is 0 Å². The average molecular weight is 347 g/mol. The highest BCUT2D eigenvalue weighted by Gasteiger charge is 2.24. The summed E-state index contributed by atoms with van der Waals surface area (Å²) >= 11 is 0. The molecule has 0 bridgehead atoms. The molecule has 0 aromatic heterocycles. The van der Waals surface area contributed by atoms with E-state index in [0.29, 0.717) is 0 Å². The average Bonchev–Trinajstić information content (AvgIpc) is 2.66. The van der Waals surface area contributed by atoms with E-state index in [2.05, 4.69) is 87.0 Å². The van der Waals surface area contributed by atoms with Crippen molar-refractivity contribution in [2.45, 2.75) is 41.0 Å². The largest absolute Gasteiger partial charge is 0.372 e. The van der Waals surface area contributed by atoms with Crippen molar-refractivity contribution in [1.29, 1.82) is 0 Å². The van der Waals surface area contributed by atoms with E-state index in [4.69, 9.17) is 0 Å². The van der Waals surface area contributed by atoms with Gasteiger partial charge in [0.1, 0.15) is 0 Å². The van der Waals surface area contributed by atoms with Gasteiger partial charge in [0.15, 0.2) is 0 Å². The van der Waals surface area contributed by atoms with Gasteiger partial charge in [0.25, 0.3) is 0 Å². The minimum Gasteiger partial charge on any atom is -0.372 e. The summed E-state index contributed by atoms with van der Waals surface area (Å²) < 4.78 is 0. The van der Waals surface area contributed by atoms with Crippen LogP contribution in [0.15, 0.2) is 64.2 Å². The van der Waals surface area contributed by atoms with Gasteiger partial charge >= 0.3 is 0 Å². The van der Waals surface area contributed by atoms with Gasteiger partial charge in [0.2, 0.25) is 0 Å². The zero-order chi connectivity index (χ0) is 18.7. The van der Waals surface area contributed by atoms with Gasteiger partial charge in [-0.1, -0.05) is 18.2 Å². The molecule has 0 fully saturated rings. The second-order valence-electron chi connectivity index (χ2n) is 6.85. The van der Waals surface area contributed by atoms with E-state index in [9.17, 15) is 0 Å². The smallest absolute Gasteiger partial charge is 0.0577 e. The molecule has 0 saturated carbocycles. The second kappa shape index (κ2) is 7.90. The molecule has 0 spiro atoms. The van der Waals surface area contributed by atoms with Crippen LogP contribution in [0.25, 0.3) is 5.57 Å². The third-order valence-corrected chi connectivity index (χ3v) is 5.39. The number of benzene rings is 1. The van der Waals surface area contributed by atoms with Crippen molar-refractivity contribution >= 4 is 17.0 Å². The molecule has 0 aliphatic heterocycles. The number of anilines is 1. The monoisotopic (exact) mass is 346 g/mol. The summed E-state index contributed by atoms with van der Waals surface area (Å²) in [5, 5.41) is 0. The molecular formula is C24H30N2. The van der Waals surface area contributed by atoms with Crippen LogP contribution in [0.2, 0.25) is 0 Å². The van der Waals surface area contributed by atoms with Crippen LogP contribution in [-0.2, 0) is 6.42 Å². The highest BCUT2D eigenvalue weighted by Crippen LogP contribution is 2.41. The Labute approximate surface area is 158 Å². The van der Waals surface area contributed by atoms with Crippen LogP contribution in [0.4, 0.5) is 5.69 Å². The molecular weight excluding hydrogens is 316 g/mol. The van der Waals surface area contributed by atoms with Crippen molar-refractivity contribution in [2.24, 2.45) is 4.99 Å². The summed E-state index contributed by atoms with van der Waals surface area (Å²) in [7, 11) is 0. The Morgan fingerprint density at radius 3 is 2.58 bits per heavy atom. The molecule has 2 heteroatoms. The molecule has 0 N–H and O–H groups in total. The van der Waals surface area contributed by atoms with E-state index >= 15 is 0 Å². The highest BCUT2D eigenvalue weighted by atomic mass is 15.1. The second-order valence-corrected chi connectivity index (χ2v) is 6.85. The lowest BCUT2D eigenvalue weighted by Crippen LogP contribution is -2.22. The molecule has 136 valence electrons. The van der Waals surface area contributed by atoms with Crippen molar-refractivity contribution in [3.63, 3.8) is 0 Å². The molecule has 0 amide bonds. The summed E-state index contributed by atoms with van der Waals surface area (Å²) in [6.45, 7) is 13.8. The van der Waals surface area contributed by atoms with Crippen LogP contribution in [0.3, 0.4) is 0 Å². The van der Waals surface area contributed by atoms with Crippen LogP contribution in [-0.4, -0.2) is 25.3 Å². The number of aliphatic imine (C=N–C) groups is 1. The lowest BCUT2D eigenvalue weighted by atomic mass is 9.77. The van der Waals surface area contributed by atoms with Crippen molar-refractivity contribution in [3.8, 4) is 0 Å². The van der Waals surface area contributed by atoms with E-state index in [-0.39, 0.29) is 0 Å². The maximum Gasteiger partial charge on any atom is 0.0577 e. The molecule has 26 heavy (non-hydrogen) atoms. The summed E-state index contributed by atoms with van der Waals surface area (Å²) in [6, 6.07) is 6.98. The number of allylic oxidation sites excluding steroid dienone is 8. The normalized spacial score (nSPS) is 18.0. The minimum absolute atomic E-state index is 0.825. The van der Waals surface area contributed by atoms with Crippen LogP contribution >= 0.6 is 0 Å². The Kier molecular flexibility index (Phi) is 5.61. The Bertz CT molecular complexity index is 843. The molecule has 2 aliphatic carbocycles. The van der Waals surface area contributed by atoms with Gasteiger partial charge < -0.3 is 4.90 Å². The first-order valence-electron chi connectivity index (χ1n) is 9.82. The van der Waals surface area contributed by atoms with Crippen molar-refractivity contribution in [3.05, 3.63) is 70.3 Å². The van der Waals surface area contributed by atoms with Gasteiger partial charge in [-0.15, -0.1) is 0 Å². The fraction of sp³-hybridized carbons (Fsp3) is 0.375. The molecule has 0 saturated heterocycles. The Hall–Kier alpha value is -2.35. The first kappa shape index (κ1) is 18.4. The molecule has 0 radical (unpaired) electrons. The Morgan fingerprint density at radius 1 is 1.15 bits per heavy atom. The predicted molar refractivity (Wildman–Crippen MR) is 115 cm³/mol. The molecule has 2 nitrogen and oxygen atoms in total. The number of fused-ring (bicyclic) bond motifs is 2. The lowest BCUT2D eigenvalue weighted by Gasteiger charge is -2.29. The van der Waals surface area contributed by atoms with E-state index in [1.165, 1.54) is 39.1 Å². The Morgan fingerprint density at radius 2 is 1.92 bits per heavy atom. The van der Waals surface area contributed by atoms with Gasteiger partial charge in [-0.3, -0.25) is 4.99 Å². The van der Waals surface area contributed by atoms with Gasteiger partial charge in [-0.2, -0.15) is 0 Å². The summed E-state index contributed by atoms with van der Waals surface area (Å²) in [6.07, 6.45) is 9.88. The van der Waals surface area contributed by atoms with Gasteiger partial charge in [0, 0.05) is 25.3 Å². The summed E-state index contributed by atoms with van der Waals surface area (Å²) in [5.74, 6) is 0. The van der Waals surface area contributed by atoms with Crippen LogP contribution in [0.1, 0.15) is 45.7 Å². The molecule has 0 unspecified atom stereocenters. The van der Waals surface area contributed by atoms with Crippen LogP contribution in [0.5, 0.6) is 0 Å². The molecule has 0 heterocycles. The van der Waals surface area contributed by atoms with Crippen molar-refractivity contribution in [2.75, 3.05) is 24.5 Å². The van der Waals surface area contributed by atoms with Crippen molar-refractivity contribution in [1.82, 2.24) is 0 Å². The maximum absolute atomic E-state index is 4.60. The quantitative estimate of drug-likeness (QED) is 0.661. The lowest BCUT2D eigenvalue weighted by molar-refractivity contribution is 0.864. The standard InChI is InChI=1S/C24H30N2/c1-6-17(5)24-22-12-10-20(25-7-2)15-18(22)14-19-16-21(11-13-23(19)24)26(8-3)9-4/h6,10-13,15-16H,7-9,14H2,1-5H3/b17-6+,25-20?. The van der Waals surface area contributed by atoms with E-state index in [0.717, 1.165) is 31.8 Å². The molecule has 3 rings (SSSR count). The number of hydrogen-bond donors (Lipinski definition) is 0. The zero-order valence-corrected chi connectivity index (χ0v) is 16.8.